The number of carbonyl (C=O) groups is 1. The molecule has 0 aliphatic carbocycles. The van der Waals surface area contributed by atoms with E-state index in [0.717, 1.165) is 31.6 Å². The number of aliphatic hydroxyl groups excluding tert-OH is 2. The average Bonchev–Trinajstić information content (AvgIpc) is 3.23. The number of halogens is 1. The third kappa shape index (κ3) is 5.54. The van der Waals surface area contributed by atoms with E-state index in [9.17, 15) is 9.90 Å². The van der Waals surface area contributed by atoms with Crippen molar-refractivity contribution >= 4 is 45.1 Å². The zero-order chi connectivity index (χ0) is 19.9. The number of hydrogen-bond donors (Lipinski definition) is 5. The zero-order valence-electron chi connectivity index (χ0n) is 15.2. The molecule has 5 N–H and O–H groups in total. The van der Waals surface area contributed by atoms with E-state index >= 15 is 0 Å². The van der Waals surface area contributed by atoms with Crippen LogP contribution in [0.25, 0.3) is 0 Å². The Morgan fingerprint density at radius 3 is 2.79 bits per heavy atom. The van der Waals surface area contributed by atoms with Crippen LogP contribution in [-0.4, -0.2) is 63.5 Å². The molecule has 9 nitrogen and oxygen atoms in total. The quantitative estimate of drug-likeness (QED) is 0.438. The third-order valence-corrected chi connectivity index (χ3v) is 4.80. The molecular weight excluding hydrogens is 428 g/mol. The van der Waals surface area contributed by atoms with Gasteiger partial charge < -0.3 is 31.1 Å². The van der Waals surface area contributed by atoms with Gasteiger partial charge in [0.05, 0.1) is 17.2 Å². The summed E-state index contributed by atoms with van der Waals surface area (Å²) >= 11 is 3.35. The monoisotopic (exact) mass is 450 g/mol. The van der Waals surface area contributed by atoms with E-state index in [1.807, 2.05) is 24.3 Å². The highest BCUT2D eigenvalue weighted by Gasteiger charge is 2.17. The molecule has 28 heavy (non-hydrogen) atoms. The van der Waals surface area contributed by atoms with Gasteiger partial charge in [-0.25, -0.2) is 9.78 Å². The summed E-state index contributed by atoms with van der Waals surface area (Å²) in [5, 5.41) is 27.3. The van der Waals surface area contributed by atoms with Gasteiger partial charge in [0, 0.05) is 37.2 Å². The van der Waals surface area contributed by atoms with E-state index in [2.05, 4.69) is 41.8 Å². The standard InChI is InChI=1S/C18H23BrN6O3/c19-15-10-21-17(24-16(15)20-9-14(27)11-26)22-12-4-3-5-13(8-12)23-18(28)25-6-1-2-7-25/h3-5,8,10,14,26-27H,1-2,6-7,9,11H2,(H,23,28)(H2,20,21,22,24). The summed E-state index contributed by atoms with van der Waals surface area (Å²) in [7, 11) is 0. The number of nitrogens with zero attached hydrogens (tertiary/aromatic N) is 3. The van der Waals surface area contributed by atoms with Crippen LogP contribution in [0.3, 0.4) is 0 Å². The lowest BCUT2D eigenvalue weighted by Crippen LogP contribution is -2.32. The van der Waals surface area contributed by atoms with Gasteiger partial charge in [0.15, 0.2) is 0 Å². The number of carbonyl (C=O) groups excluding carboxylic acids is 1. The van der Waals surface area contributed by atoms with Gasteiger partial charge in [-0.1, -0.05) is 6.07 Å². The largest absolute Gasteiger partial charge is 0.394 e. The minimum Gasteiger partial charge on any atom is -0.394 e. The maximum absolute atomic E-state index is 12.2. The van der Waals surface area contributed by atoms with E-state index in [4.69, 9.17) is 5.11 Å². The second-order valence-electron chi connectivity index (χ2n) is 6.44. The molecule has 1 aromatic carbocycles. The number of likely N-dealkylation sites (tertiary alicyclic amines) is 1. The van der Waals surface area contributed by atoms with Gasteiger partial charge >= 0.3 is 6.03 Å². The lowest BCUT2D eigenvalue weighted by atomic mass is 10.3. The van der Waals surface area contributed by atoms with Crippen LogP contribution in [0, 0.1) is 0 Å². The van der Waals surface area contributed by atoms with Gasteiger partial charge in [-0.3, -0.25) is 0 Å². The second-order valence-corrected chi connectivity index (χ2v) is 7.29. The number of benzene rings is 1. The summed E-state index contributed by atoms with van der Waals surface area (Å²) in [6, 6.07) is 7.22. The van der Waals surface area contributed by atoms with Crippen LogP contribution >= 0.6 is 15.9 Å². The Bertz CT molecular complexity index is 816. The Labute approximate surface area is 171 Å². The third-order valence-electron chi connectivity index (χ3n) is 4.22. The molecule has 1 atom stereocenters. The molecule has 3 rings (SSSR count). The van der Waals surface area contributed by atoms with Gasteiger partial charge in [0.25, 0.3) is 0 Å². The minimum atomic E-state index is -0.880. The van der Waals surface area contributed by atoms with Crippen molar-refractivity contribution in [3.63, 3.8) is 0 Å². The molecule has 0 radical (unpaired) electrons. The fourth-order valence-corrected chi connectivity index (χ4v) is 3.09. The SMILES string of the molecule is O=C(Nc1cccc(Nc2ncc(Br)c(NCC(O)CO)n2)c1)N1CCCC1. The molecule has 0 saturated carbocycles. The Morgan fingerprint density at radius 2 is 2.04 bits per heavy atom. The van der Waals surface area contributed by atoms with Gasteiger partial charge in [0.2, 0.25) is 5.95 Å². The van der Waals surface area contributed by atoms with E-state index in [1.165, 1.54) is 0 Å². The lowest BCUT2D eigenvalue weighted by Gasteiger charge is -2.16. The summed E-state index contributed by atoms with van der Waals surface area (Å²) in [6.45, 7) is 1.40. The first-order chi connectivity index (χ1) is 13.5. The molecule has 1 unspecified atom stereocenters. The highest BCUT2D eigenvalue weighted by Crippen LogP contribution is 2.23. The number of aliphatic hydroxyl groups is 2. The number of anilines is 4. The normalized spacial score (nSPS) is 14.6. The predicted octanol–water partition coefficient (Wildman–Crippen LogP) is 2.38. The topological polar surface area (TPSA) is 123 Å². The molecule has 0 bridgehead atoms. The molecule has 1 aliphatic rings. The number of urea groups is 1. The van der Waals surface area contributed by atoms with Crippen LogP contribution in [0.4, 0.5) is 27.9 Å². The molecule has 2 amide bonds. The summed E-state index contributed by atoms with van der Waals surface area (Å²) in [5.74, 6) is 0.843. The predicted molar refractivity (Wildman–Crippen MR) is 111 cm³/mol. The summed E-state index contributed by atoms with van der Waals surface area (Å²) in [5.41, 5.74) is 1.41. The highest BCUT2D eigenvalue weighted by molar-refractivity contribution is 9.10. The van der Waals surface area contributed by atoms with Crippen molar-refractivity contribution in [2.24, 2.45) is 0 Å². The van der Waals surface area contributed by atoms with Crippen molar-refractivity contribution in [3.8, 4) is 0 Å². The Balaban J connectivity index is 1.65. The highest BCUT2D eigenvalue weighted by atomic mass is 79.9. The average molecular weight is 451 g/mol. The first-order valence-electron chi connectivity index (χ1n) is 9.03. The smallest absolute Gasteiger partial charge is 0.321 e. The van der Waals surface area contributed by atoms with Crippen LogP contribution < -0.4 is 16.0 Å². The first-order valence-corrected chi connectivity index (χ1v) is 9.83. The maximum atomic E-state index is 12.2. The van der Waals surface area contributed by atoms with E-state index in [-0.39, 0.29) is 19.2 Å². The van der Waals surface area contributed by atoms with Crippen molar-refractivity contribution in [1.82, 2.24) is 14.9 Å². The van der Waals surface area contributed by atoms with Crippen LogP contribution in [0.5, 0.6) is 0 Å². The molecular formula is C18H23BrN6O3. The Hall–Kier alpha value is -2.43. The number of hydrogen-bond acceptors (Lipinski definition) is 7. The molecule has 1 fully saturated rings. The van der Waals surface area contributed by atoms with Crippen LogP contribution in [-0.2, 0) is 0 Å². The second kappa shape index (κ2) is 9.67. The van der Waals surface area contributed by atoms with E-state index in [1.54, 1.807) is 11.1 Å². The van der Waals surface area contributed by atoms with Crippen molar-refractivity contribution in [2.75, 3.05) is 42.2 Å². The Kier molecular flexibility index (Phi) is 7.01. The van der Waals surface area contributed by atoms with Crippen molar-refractivity contribution in [2.45, 2.75) is 18.9 Å². The molecule has 150 valence electrons. The first kappa shape index (κ1) is 20.3. The van der Waals surface area contributed by atoms with E-state index < -0.39 is 6.10 Å². The molecule has 10 heteroatoms. The summed E-state index contributed by atoms with van der Waals surface area (Å²) in [4.78, 5) is 22.6. The zero-order valence-corrected chi connectivity index (χ0v) is 16.8. The fraction of sp³-hybridized carbons (Fsp3) is 0.389. The van der Waals surface area contributed by atoms with Crippen molar-refractivity contribution < 1.29 is 15.0 Å². The molecule has 1 saturated heterocycles. The number of nitrogens with one attached hydrogen (secondary N) is 3. The number of aromatic nitrogens is 2. The lowest BCUT2D eigenvalue weighted by molar-refractivity contribution is 0.105. The maximum Gasteiger partial charge on any atom is 0.321 e. The molecule has 1 aliphatic heterocycles. The van der Waals surface area contributed by atoms with Crippen LogP contribution in [0.1, 0.15) is 12.8 Å². The van der Waals surface area contributed by atoms with E-state index in [0.29, 0.717) is 21.9 Å². The molecule has 1 aromatic heterocycles. The minimum absolute atomic E-state index is 0.0940. The Morgan fingerprint density at radius 1 is 1.29 bits per heavy atom. The summed E-state index contributed by atoms with van der Waals surface area (Å²) in [6.07, 6.45) is 2.79. The van der Waals surface area contributed by atoms with Gasteiger partial charge in [0.1, 0.15) is 5.82 Å². The molecule has 2 heterocycles. The van der Waals surface area contributed by atoms with Crippen LogP contribution in [0.2, 0.25) is 0 Å². The molecule has 2 aromatic rings. The van der Waals surface area contributed by atoms with Gasteiger partial charge in [-0.15, -0.1) is 0 Å². The number of rotatable bonds is 7. The number of amides is 2. The molecule has 0 spiro atoms. The van der Waals surface area contributed by atoms with Crippen LogP contribution in [0.15, 0.2) is 34.9 Å². The van der Waals surface area contributed by atoms with Gasteiger partial charge in [-0.2, -0.15) is 4.98 Å². The van der Waals surface area contributed by atoms with Crippen molar-refractivity contribution in [1.29, 1.82) is 0 Å². The fourth-order valence-electron chi connectivity index (χ4n) is 2.76. The van der Waals surface area contributed by atoms with Gasteiger partial charge in [-0.05, 0) is 47.0 Å². The summed E-state index contributed by atoms with van der Waals surface area (Å²) < 4.78 is 0.634. The van der Waals surface area contributed by atoms with Crippen molar-refractivity contribution in [3.05, 3.63) is 34.9 Å².